The van der Waals surface area contributed by atoms with Gasteiger partial charge >= 0.3 is 5.97 Å². The lowest BCUT2D eigenvalue weighted by molar-refractivity contribution is -0.144. The zero-order valence-electron chi connectivity index (χ0n) is 16.2. The van der Waals surface area contributed by atoms with Gasteiger partial charge < -0.3 is 4.74 Å². The van der Waals surface area contributed by atoms with Crippen LogP contribution in [-0.2, 0) is 16.0 Å². The molecule has 4 nitrogen and oxygen atoms in total. The highest BCUT2D eigenvalue weighted by atomic mass is 16.5. The largest absolute Gasteiger partial charge is 0.466 e. The van der Waals surface area contributed by atoms with Crippen LogP contribution in [0.25, 0.3) is 16.7 Å². The Morgan fingerprint density at radius 1 is 1.12 bits per heavy atom. The summed E-state index contributed by atoms with van der Waals surface area (Å²) in [5, 5.41) is 0. The van der Waals surface area contributed by atoms with E-state index in [4.69, 9.17) is 9.72 Å². The number of carbonyl (C=O) groups excluding carboxylic acids is 1. The van der Waals surface area contributed by atoms with Gasteiger partial charge in [0, 0.05) is 12.1 Å². The summed E-state index contributed by atoms with van der Waals surface area (Å²) in [4.78, 5) is 16.8. The van der Waals surface area contributed by atoms with E-state index in [1.807, 2.05) is 26.0 Å². The molecule has 0 radical (unpaired) electrons. The Hall–Kier alpha value is -2.62. The van der Waals surface area contributed by atoms with E-state index in [1.54, 1.807) is 0 Å². The van der Waals surface area contributed by atoms with E-state index in [9.17, 15) is 4.79 Å². The molecular weight excluding hydrogens is 324 g/mol. The normalized spacial score (nSPS) is 12.3. The minimum atomic E-state index is -0.265. The Bertz CT molecular complexity index is 939. The second kappa shape index (κ2) is 7.32. The first kappa shape index (κ1) is 18.2. The molecule has 1 atom stereocenters. The van der Waals surface area contributed by atoms with Gasteiger partial charge in [-0.1, -0.05) is 19.1 Å². The molecule has 4 heteroatoms. The first-order valence-electron chi connectivity index (χ1n) is 9.21. The maximum Gasteiger partial charge on any atom is 0.313 e. The number of aryl methyl sites for hydroxylation is 3. The predicted octanol–water partition coefficient (Wildman–Crippen LogP) is 4.87. The molecule has 2 aromatic carbocycles. The highest BCUT2D eigenvalue weighted by molar-refractivity contribution is 5.80. The quantitative estimate of drug-likeness (QED) is 0.617. The zero-order chi connectivity index (χ0) is 18.8. The molecule has 0 aliphatic heterocycles. The lowest BCUT2D eigenvalue weighted by Crippen LogP contribution is -2.13. The van der Waals surface area contributed by atoms with Crippen molar-refractivity contribution in [2.24, 2.45) is 0 Å². The van der Waals surface area contributed by atoms with Gasteiger partial charge in [0.2, 0.25) is 0 Å². The van der Waals surface area contributed by atoms with Gasteiger partial charge in [-0.15, -0.1) is 0 Å². The van der Waals surface area contributed by atoms with Crippen molar-refractivity contribution in [3.63, 3.8) is 0 Å². The van der Waals surface area contributed by atoms with Gasteiger partial charge in [0.25, 0.3) is 0 Å². The third-order valence-electron chi connectivity index (χ3n) is 4.95. The number of hydrogen-bond donors (Lipinski definition) is 0. The second-order valence-corrected chi connectivity index (χ2v) is 6.71. The average Bonchev–Trinajstić information content (AvgIpc) is 2.99. The van der Waals surface area contributed by atoms with Crippen molar-refractivity contribution in [3.8, 4) is 5.69 Å². The van der Waals surface area contributed by atoms with E-state index in [0.29, 0.717) is 6.61 Å². The first-order chi connectivity index (χ1) is 12.5. The molecule has 0 amide bonds. The molecule has 136 valence electrons. The van der Waals surface area contributed by atoms with Crippen molar-refractivity contribution >= 4 is 17.0 Å². The number of nitrogens with zero attached hydrogens (tertiary/aromatic N) is 2. The van der Waals surface area contributed by atoms with Crippen LogP contribution in [0, 0.1) is 13.8 Å². The number of benzene rings is 2. The van der Waals surface area contributed by atoms with Gasteiger partial charge in [-0.3, -0.25) is 9.36 Å². The average molecular weight is 350 g/mol. The van der Waals surface area contributed by atoms with Crippen LogP contribution in [0.4, 0.5) is 0 Å². The summed E-state index contributed by atoms with van der Waals surface area (Å²) in [6.07, 6.45) is 0.855. The van der Waals surface area contributed by atoms with E-state index in [0.717, 1.165) is 34.5 Å². The number of esters is 1. The summed E-state index contributed by atoms with van der Waals surface area (Å²) < 4.78 is 7.33. The summed E-state index contributed by atoms with van der Waals surface area (Å²) in [5.74, 6) is 0.587. The van der Waals surface area contributed by atoms with Gasteiger partial charge in [-0.05, 0) is 68.7 Å². The third-order valence-corrected chi connectivity index (χ3v) is 4.95. The van der Waals surface area contributed by atoms with Crippen LogP contribution < -0.4 is 0 Å². The van der Waals surface area contributed by atoms with Crippen LogP contribution in [0.15, 0.2) is 36.4 Å². The molecule has 0 saturated carbocycles. The van der Waals surface area contributed by atoms with Crippen LogP contribution in [0.2, 0.25) is 0 Å². The van der Waals surface area contributed by atoms with Crippen LogP contribution >= 0.6 is 0 Å². The lowest BCUT2D eigenvalue weighted by Gasteiger charge is -2.13. The number of aromatic nitrogens is 2. The molecule has 0 aliphatic rings. The van der Waals surface area contributed by atoms with E-state index in [-0.39, 0.29) is 11.9 Å². The number of fused-ring (bicyclic) bond motifs is 1. The van der Waals surface area contributed by atoms with E-state index < -0.39 is 0 Å². The molecule has 0 spiro atoms. The van der Waals surface area contributed by atoms with E-state index in [2.05, 4.69) is 49.6 Å². The predicted molar refractivity (Wildman–Crippen MR) is 105 cm³/mol. The number of ether oxygens (including phenoxy) is 1. The van der Waals surface area contributed by atoms with Crippen LogP contribution in [0.1, 0.15) is 49.2 Å². The molecule has 3 rings (SSSR count). The van der Waals surface area contributed by atoms with Crippen molar-refractivity contribution in [2.75, 3.05) is 6.61 Å². The summed E-state index contributed by atoms with van der Waals surface area (Å²) in [7, 11) is 0. The fourth-order valence-electron chi connectivity index (χ4n) is 3.22. The highest BCUT2D eigenvalue weighted by Gasteiger charge is 2.17. The van der Waals surface area contributed by atoms with Crippen molar-refractivity contribution < 1.29 is 9.53 Å². The van der Waals surface area contributed by atoms with Crippen LogP contribution in [-0.4, -0.2) is 22.1 Å². The molecule has 26 heavy (non-hydrogen) atoms. The summed E-state index contributed by atoms with van der Waals surface area (Å²) in [6.45, 7) is 10.5. The number of hydrogen-bond acceptors (Lipinski definition) is 3. The third kappa shape index (κ3) is 3.24. The smallest absolute Gasteiger partial charge is 0.313 e. The van der Waals surface area contributed by atoms with Gasteiger partial charge in [0.1, 0.15) is 5.82 Å². The Labute approximate surface area is 154 Å². The van der Waals surface area contributed by atoms with Crippen molar-refractivity contribution in [1.82, 2.24) is 9.55 Å². The van der Waals surface area contributed by atoms with E-state index in [1.165, 1.54) is 11.1 Å². The first-order valence-corrected chi connectivity index (χ1v) is 9.21. The highest BCUT2D eigenvalue weighted by Crippen LogP contribution is 2.26. The molecule has 1 heterocycles. The van der Waals surface area contributed by atoms with Gasteiger partial charge in [0.15, 0.2) is 0 Å². The lowest BCUT2D eigenvalue weighted by atomic mass is 10.0. The zero-order valence-corrected chi connectivity index (χ0v) is 16.2. The Balaban J connectivity index is 2.04. The van der Waals surface area contributed by atoms with Gasteiger partial charge in [0.05, 0.1) is 23.6 Å². The molecule has 0 fully saturated rings. The van der Waals surface area contributed by atoms with Crippen LogP contribution in [0.5, 0.6) is 0 Å². The minimum Gasteiger partial charge on any atom is -0.466 e. The fourth-order valence-corrected chi connectivity index (χ4v) is 3.22. The van der Waals surface area contributed by atoms with Crippen molar-refractivity contribution in [3.05, 3.63) is 58.9 Å². The molecule has 0 N–H and O–H groups in total. The standard InChI is InChI=1S/C22H26N2O2/c1-6-21-23-19-12-14(3)15(4)13-20(19)24(21)18-10-8-17(9-11-18)16(5)22(25)26-7-2/h8-13,16H,6-7H2,1-5H3. The maximum absolute atomic E-state index is 12.0. The van der Waals surface area contributed by atoms with Crippen LogP contribution in [0.3, 0.4) is 0 Å². The Kier molecular flexibility index (Phi) is 5.12. The van der Waals surface area contributed by atoms with Gasteiger partial charge in [-0.25, -0.2) is 4.98 Å². The Morgan fingerprint density at radius 2 is 1.77 bits per heavy atom. The van der Waals surface area contributed by atoms with Crippen molar-refractivity contribution in [2.45, 2.75) is 47.0 Å². The Morgan fingerprint density at radius 3 is 2.38 bits per heavy atom. The molecular formula is C22H26N2O2. The molecule has 0 saturated heterocycles. The molecule has 0 bridgehead atoms. The molecule has 1 unspecified atom stereocenters. The summed E-state index contributed by atoms with van der Waals surface area (Å²) in [6, 6.07) is 12.5. The minimum absolute atomic E-state index is 0.186. The number of carbonyl (C=O) groups is 1. The maximum atomic E-state index is 12.0. The SMILES string of the molecule is CCOC(=O)C(C)c1ccc(-n2c(CC)nc3cc(C)c(C)cc32)cc1. The van der Waals surface area contributed by atoms with E-state index >= 15 is 0 Å². The molecule has 3 aromatic rings. The fraction of sp³-hybridized carbons (Fsp3) is 0.364. The second-order valence-electron chi connectivity index (χ2n) is 6.71. The molecule has 0 aliphatic carbocycles. The van der Waals surface area contributed by atoms with Crippen molar-refractivity contribution in [1.29, 1.82) is 0 Å². The number of imidazole rings is 1. The number of rotatable bonds is 5. The summed E-state index contributed by atoms with van der Waals surface area (Å²) in [5.41, 5.74) is 6.68. The monoisotopic (exact) mass is 350 g/mol. The summed E-state index contributed by atoms with van der Waals surface area (Å²) >= 11 is 0. The van der Waals surface area contributed by atoms with Gasteiger partial charge in [-0.2, -0.15) is 0 Å². The topological polar surface area (TPSA) is 44.1 Å². The molecule has 1 aromatic heterocycles.